The summed E-state index contributed by atoms with van der Waals surface area (Å²) < 4.78 is 12.4. The van der Waals surface area contributed by atoms with Crippen LogP contribution in [0, 0.1) is 20.8 Å². The van der Waals surface area contributed by atoms with Crippen LogP contribution in [0.15, 0.2) is 65.6 Å². The monoisotopic (exact) mass is 452 g/mol. The largest absolute Gasteiger partial charge is 0.465 e. The minimum Gasteiger partial charge on any atom is -0.465 e. The van der Waals surface area contributed by atoms with E-state index in [1.807, 2.05) is 51.4 Å². The fraction of sp³-hybridized carbons (Fsp3) is 0.185. The molecule has 7 nitrogen and oxygen atoms in total. The molecule has 4 aromatic heterocycles. The molecule has 7 heteroatoms. The fourth-order valence-electron chi connectivity index (χ4n) is 4.21. The predicted octanol–water partition coefficient (Wildman–Crippen LogP) is 5.51. The molecular formula is C27H24N4O3. The second-order valence-corrected chi connectivity index (χ2v) is 8.36. The quantitative estimate of drug-likeness (QED) is 0.327. The fourth-order valence-corrected chi connectivity index (χ4v) is 4.21. The smallest absolute Gasteiger partial charge is 0.337 e. The van der Waals surface area contributed by atoms with Gasteiger partial charge in [-0.1, -0.05) is 23.4 Å². The number of pyridine rings is 2. The van der Waals surface area contributed by atoms with Gasteiger partial charge >= 0.3 is 5.97 Å². The van der Waals surface area contributed by atoms with Crippen LogP contribution in [0.25, 0.3) is 33.3 Å². The van der Waals surface area contributed by atoms with Crippen LogP contribution in [0.4, 0.5) is 0 Å². The second kappa shape index (κ2) is 8.59. The maximum absolute atomic E-state index is 11.9. The van der Waals surface area contributed by atoms with E-state index in [4.69, 9.17) is 14.2 Å². The summed E-state index contributed by atoms with van der Waals surface area (Å²) in [4.78, 5) is 21.3. The molecule has 170 valence electrons. The molecule has 0 saturated carbocycles. The van der Waals surface area contributed by atoms with E-state index in [1.54, 1.807) is 12.1 Å². The Balaban J connectivity index is 1.65. The van der Waals surface area contributed by atoms with E-state index in [2.05, 4.69) is 33.0 Å². The lowest BCUT2D eigenvalue weighted by Crippen LogP contribution is -2.01. The van der Waals surface area contributed by atoms with Crippen LogP contribution in [0.1, 0.15) is 33.1 Å². The van der Waals surface area contributed by atoms with E-state index in [0.717, 1.165) is 56.0 Å². The van der Waals surface area contributed by atoms with E-state index in [9.17, 15) is 4.79 Å². The minimum absolute atomic E-state index is 0.360. The van der Waals surface area contributed by atoms with Crippen molar-refractivity contribution in [3.8, 4) is 22.3 Å². The van der Waals surface area contributed by atoms with Crippen LogP contribution < -0.4 is 0 Å². The normalized spacial score (nSPS) is 11.2. The molecule has 0 atom stereocenters. The summed E-state index contributed by atoms with van der Waals surface area (Å²) in [5.74, 6) is 0.400. The third-order valence-corrected chi connectivity index (χ3v) is 5.96. The minimum atomic E-state index is -0.360. The van der Waals surface area contributed by atoms with Crippen LogP contribution in [-0.4, -0.2) is 32.8 Å². The first-order valence-corrected chi connectivity index (χ1v) is 11.0. The molecule has 1 aromatic carbocycles. The lowest BCUT2D eigenvalue weighted by Gasteiger charge is -2.07. The summed E-state index contributed by atoms with van der Waals surface area (Å²) in [5, 5.41) is 4.10. The van der Waals surface area contributed by atoms with Crippen molar-refractivity contribution in [1.82, 2.24) is 19.7 Å². The van der Waals surface area contributed by atoms with Crippen molar-refractivity contribution in [2.45, 2.75) is 27.3 Å². The molecule has 0 aliphatic heterocycles. The summed E-state index contributed by atoms with van der Waals surface area (Å²) in [6.07, 6.45) is 5.82. The third-order valence-electron chi connectivity index (χ3n) is 5.96. The molecule has 0 bridgehead atoms. The highest BCUT2D eigenvalue weighted by atomic mass is 16.5. The first-order valence-electron chi connectivity index (χ1n) is 11.0. The first kappa shape index (κ1) is 21.6. The van der Waals surface area contributed by atoms with Gasteiger partial charge in [-0.3, -0.25) is 9.97 Å². The number of esters is 1. The number of methoxy groups -OCH3 is 1. The van der Waals surface area contributed by atoms with Crippen molar-refractivity contribution in [1.29, 1.82) is 0 Å². The topological polar surface area (TPSA) is 83.0 Å². The Kier molecular flexibility index (Phi) is 5.45. The van der Waals surface area contributed by atoms with E-state index in [0.29, 0.717) is 12.1 Å². The Hall–Kier alpha value is -4.26. The number of fused-ring (bicyclic) bond motifs is 1. The molecule has 0 unspecified atom stereocenters. The predicted molar refractivity (Wildman–Crippen MR) is 130 cm³/mol. The Morgan fingerprint density at radius 2 is 1.79 bits per heavy atom. The van der Waals surface area contributed by atoms with Crippen LogP contribution in [-0.2, 0) is 11.3 Å². The van der Waals surface area contributed by atoms with E-state index >= 15 is 0 Å². The van der Waals surface area contributed by atoms with Gasteiger partial charge in [0.2, 0.25) is 0 Å². The number of nitrogens with zero attached hydrogens (tertiary/aromatic N) is 4. The van der Waals surface area contributed by atoms with Crippen LogP contribution in [0.3, 0.4) is 0 Å². The number of ether oxygens (including phenoxy) is 1. The zero-order valence-electron chi connectivity index (χ0n) is 19.5. The van der Waals surface area contributed by atoms with Gasteiger partial charge in [0, 0.05) is 35.3 Å². The Bertz CT molecular complexity index is 1480. The van der Waals surface area contributed by atoms with Gasteiger partial charge in [0.05, 0.1) is 41.6 Å². The maximum Gasteiger partial charge on any atom is 0.337 e. The molecule has 0 spiro atoms. The second-order valence-electron chi connectivity index (χ2n) is 8.36. The van der Waals surface area contributed by atoms with Gasteiger partial charge in [0.1, 0.15) is 5.76 Å². The highest BCUT2D eigenvalue weighted by Gasteiger charge is 2.17. The average molecular weight is 453 g/mol. The Morgan fingerprint density at radius 1 is 1.00 bits per heavy atom. The molecule has 5 rings (SSSR count). The highest BCUT2D eigenvalue weighted by Crippen LogP contribution is 2.34. The van der Waals surface area contributed by atoms with Gasteiger partial charge in [0.15, 0.2) is 0 Å². The van der Waals surface area contributed by atoms with Gasteiger partial charge < -0.3 is 13.8 Å². The highest BCUT2D eigenvalue weighted by molar-refractivity contribution is 5.96. The molecule has 0 N–H and O–H groups in total. The molecule has 0 radical (unpaired) electrons. The zero-order chi connectivity index (χ0) is 23.8. The lowest BCUT2D eigenvalue weighted by atomic mass is 10.0. The average Bonchev–Trinajstić information content (AvgIpc) is 3.38. The molecule has 34 heavy (non-hydrogen) atoms. The Labute approximate surface area is 197 Å². The molecule has 5 aromatic rings. The number of carbonyl (C=O) groups is 1. The lowest BCUT2D eigenvalue weighted by molar-refractivity contribution is 0.0600. The number of hydrogen-bond donors (Lipinski definition) is 0. The van der Waals surface area contributed by atoms with Crippen molar-refractivity contribution >= 4 is 17.0 Å². The van der Waals surface area contributed by atoms with Crippen molar-refractivity contribution < 1.29 is 14.1 Å². The summed E-state index contributed by atoms with van der Waals surface area (Å²) in [7, 11) is 1.38. The van der Waals surface area contributed by atoms with Crippen LogP contribution >= 0.6 is 0 Å². The van der Waals surface area contributed by atoms with Crippen molar-refractivity contribution in [2.75, 3.05) is 7.11 Å². The number of hydrogen-bond acceptors (Lipinski definition) is 6. The van der Waals surface area contributed by atoms with Crippen molar-refractivity contribution in [3.05, 3.63) is 89.3 Å². The third kappa shape index (κ3) is 3.85. The summed E-state index contributed by atoms with van der Waals surface area (Å²) >= 11 is 0. The zero-order valence-corrected chi connectivity index (χ0v) is 19.5. The summed E-state index contributed by atoms with van der Waals surface area (Å²) in [6, 6.07) is 13.6. The van der Waals surface area contributed by atoms with Crippen molar-refractivity contribution in [2.24, 2.45) is 0 Å². The van der Waals surface area contributed by atoms with Gasteiger partial charge in [0.25, 0.3) is 0 Å². The number of aromatic nitrogens is 4. The summed E-state index contributed by atoms with van der Waals surface area (Å²) in [6.45, 7) is 6.46. The number of aryl methyl sites for hydroxylation is 3. The SMILES string of the molecule is COC(=O)c1ccc(-c2cn(Cc3ccc(C)cn3)c3cc(-c4c(C)noc4C)cnc23)cc1. The first-order chi connectivity index (χ1) is 16.4. The number of benzene rings is 1. The molecule has 0 amide bonds. The molecule has 0 fully saturated rings. The molecule has 0 aliphatic carbocycles. The van der Waals surface area contributed by atoms with Gasteiger partial charge in [-0.05, 0) is 56.2 Å². The molecule has 0 aliphatic rings. The van der Waals surface area contributed by atoms with Gasteiger partial charge in [-0.25, -0.2) is 4.79 Å². The molecular weight excluding hydrogens is 428 g/mol. The maximum atomic E-state index is 11.9. The van der Waals surface area contributed by atoms with Gasteiger partial charge in [-0.15, -0.1) is 0 Å². The number of rotatable bonds is 5. The summed E-state index contributed by atoms with van der Waals surface area (Å²) in [5.41, 5.74) is 9.11. The van der Waals surface area contributed by atoms with Crippen LogP contribution in [0.5, 0.6) is 0 Å². The van der Waals surface area contributed by atoms with E-state index in [-0.39, 0.29) is 5.97 Å². The number of carbonyl (C=O) groups excluding carboxylic acids is 1. The molecule has 4 heterocycles. The van der Waals surface area contributed by atoms with E-state index in [1.165, 1.54) is 7.11 Å². The van der Waals surface area contributed by atoms with Crippen LogP contribution in [0.2, 0.25) is 0 Å². The van der Waals surface area contributed by atoms with E-state index < -0.39 is 0 Å². The van der Waals surface area contributed by atoms with Gasteiger partial charge in [-0.2, -0.15) is 0 Å². The standard InChI is InChI=1S/C27H24N4O3/c1-16-5-10-22(28-12-16)14-31-15-23(19-6-8-20(9-7-19)27(32)33-4)26-24(31)11-21(13-29-26)25-17(2)30-34-18(25)3/h5-13,15H,14H2,1-4H3. The Morgan fingerprint density at radius 3 is 2.44 bits per heavy atom. The molecule has 0 saturated heterocycles. The van der Waals surface area contributed by atoms with Crippen molar-refractivity contribution in [3.63, 3.8) is 0 Å².